The predicted molar refractivity (Wildman–Crippen MR) is 129 cm³/mol. The van der Waals surface area contributed by atoms with Crippen molar-refractivity contribution in [2.24, 2.45) is 0 Å². The summed E-state index contributed by atoms with van der Waals surface area (Å²) in [6, 6.07) is 11.5. The zero-order valence-electron chi connectivity index (χ0n) is 20.1. The Morgan fingerprint density at radius 3 is 2.30 bits per heavy atom. The normalized spacial score (nSPS) is 12.4. The van der Waals surface area contributed by atoms with Gasteiger partial charge in [0.2, 0.25) is 0 Å². The molecule has 3 aromatic rings. The van der Waals surface area contributed by atoms with Crippen LogP contribution in [0.2, 0.25) is 0 Å². The van der Waals surface area contributed by atoms with Crippen LogP contribution in [0, 0.1) is 12.7 Å². The van der Waals surface area contributed by atoms with E-state index in [1.165, 1.54) is 6.07 Å². The van der Waals surface area contributed by atoms with Crippen LogP contribution in [0.1, 0.15) is 43.6 Å². The monoisotopic (exact) mass is 451 g/mol. The number of alkyl carbamates (subject to hydrolysis) is 1. The summed E-state index contributed by atoms with van der Waals surface area (Å²) in [6.45, 7) is 8.83. The van der Waals surface area contributed by atoms with Gasteiger partial charge in [-0.3, -0.25) is 4.79 Å². The number of nitrogens with one attached hydrogen (secondary N) is 1. The molecule has 0 bridgehead atoms. The summed E-state index contributed by atoms with van der Waals surface area (Å²) in [5.74, 6) is -0.511. The summed E-state index contributed by atoms with van der Waals surface area (Å²) in [6.07, 6.45) is -0.635. The molecule has 1 amide bonds. The second-order valence-corrected chi connectivity index (χ2v) is 9.35. The highest BCUT2D eigenvalue weighted by molar-refractivity contribution is 6.01. The predicted octanol–water partition coefficient (Wildman–Crippen LogP) is 5.51. The van der Waals surface area contributed by atoms with Crippen LogP contribution in [0.4, 0.5) is 14.9 Å². The van der Waals surface area contributed by atoms with Gasteiger partial charge in [-0.25, -0.2) is 14.2 Å². The third kappa shape index (κ3) is 5.66. The molecule has 1 N–H and O–H groups in total. The molecule has 0 aliphatic heterocycles. The highest BCUT2D eigenvalue weighted by Crippen LogP contribution is 2.29. The lowest BCUT2D eigenvalue weighted by Crippen LogP contribution is -2.41. The lowest BCUT2D eigenvalue weighted by Gasteiger charge is -2.21. The van der Waals surface area contributed by atoms with Crippen LogP contribution in [0.15, 0.2) is 42.5 Å². The Bertz CT molecular complexity index is 1200. The number of aryl methyl sites for hydroxylation is 1. The lowest BCUT2D eigenvalue weighted by molar-refractivity contribution is 0.0496. The maximum absolute atomic E-state index is 14.4. The van der Waals surface area contributed by atoms with E-state index < -0.39 is 17.7 Å². The number of carbonyl (C=O) groups is 2. The van der Waals surface area contributed by atoms with Crippen LogP contribution in [0.3, 0.4) is 0 Å². The number of rotatable bonds is 5. The highest BCUT2D eigenvalue weighted by Gasteiger charge is 2.22. The number of fused-ring (bicyclic) bond motifs is 1. The summed E-state index contributed by atoms with van der Waals surface area (Å²) in [5.41, 5.74) is 3.48. The Kier molecular flexibility index (Phi) is 6.72. The van der Waals surface area contributed by atoms with Gasteiger partial charge in [0.1, 0.15) is 11.4 Å². The van der Waals surface area contributed by atoms with Gasteiger partial charge in [0.05, 0.1) is 22.9 Å². The number of amides is 1. The molecule has 1 atom stereocenters. The second-order valence-electron chi connectivity index (χ2n) is 9.35. The van der Waals surface area contributed by atoms with Crippen LogP contribution < -0.4 is 10.2 Å². The molecular weight excluding hydrogens is 421 g/mol. The molecule has 0 spiro atoms. The quantitative estimate of drug-likeness (QED) is 0.518. The average Bonchev–Trinajstić information content (AvgIpc) is 2.71. The maximum atomic E-state index is 14.4. The Balaban J connectivity index is 1.84. The number of halogens is 1. The number of anilines is 1. The van der Waals surface area contributed by atoms with E-state index in [0.29, 0.717) is 16.8 Å². The first kappa shape index (κ1) is 24.2. The zero-order valence-corrected chi connectivity index (χ0v) is 20.1. The van der Waals surface area contributed by atoms with Gasteiger partial charge in [0, 0.05) is 30.6 Å². The fraction of sp³-hybridized carbons (Fsp3) is 0.346. The molecule has 7 heteroatoms. The van der Waals surface area contributed by atoms with E-state index in [1.54, 1.807) is 64.9 Å². The summed E-state index contributed by atoms with van der Waals surface area (Å²) in [5, 5.41) is 3.33. The van der Waals surface area contributed by atoms with E-state index in [0.717, 1.165) is 22.2 Å². The van der Waals surface area contributed by atoms with Gasteiger partial charge in [0.25, 0.3) is 0 Å². The minimum Gasteiger partial charge on any atom is -0.444 e. The van der Waals surface area contributed by atoms with Crippen LogP contribution >= 0.6 is 0 Å². The summed E-state index contributed by atoms with van der Waals surface area (Å²) >= 11 is 0. The van der Waals surface area contributed by atoms with Crippen molar-refractivity contribution in [3.05, 3.63) is 59.4 Å². The summed E-state index contributed by atoms with van der Waals surface area (Å²) < 4.78 is 19.6. The average molecular weight is 452 g/mol. The van der Waals surface area contributed by atoms with Crippen molar-refractivity contribution in [3.63, 3.8) is 0 Å². The molecule has 1 heterocycles. The number of pyridine rings is 1. The largest absolute Gasteiger partial charge is 0.444 e. The third-order valence-electron chi connectivity index (χ3n) is 5.16. The van der Waals surface area contributed by atoms with E-state index in [2.05, 4.69) is 5.32 Å². The smallest absolute Gasteiger partial charge is 0.408 e. The number of carbonyl (C=O) groups excluding carboxylic acids is 2. The summed E-state index contributed by atoms with van der Waals surface area (Å²) in [4.78, 5) is 31.1. The van der Waals surface area contributed by atoms with Gasteiger partial charge in [0.15, 0.2) is 5.78 Å². The first-order valence-corrected chi connectivity index (χ1v) is 10.8. The van der Waals surface area contributed by atoms with Crippen molar-refractivity contribution >= 4 is 28.5 Å². The van der Waals surface area contributed by atoms with Gasteiger partial charge >= 0.3 is 6.09 Å². The third-order valence-corrected chi connectivity index (χ3v) is 5.16. The second kappa shape index (κ2) is 9.17. The minimum absolute atomic E-state index is 0.221. The standard InChI is InChI=1S/C26H30FN3O3/c1-15-12-21(29-22-14-23(30(6)7)20(27)13-19(15)22)17-8-10-18(11-9-17)24(31)16(2)28-25(32)33-26(3,4)5/h8-14,16H,1-7H3,(H,28,32). The van der Waals surface area contributed by atoms with Gasteiger partial charge in [-0.2, -0.15) is 0 Å². The molecular formula is C26H30FN3O3. The van der Waals surface area contributed by atoms with Gasteiger partial charge < -0.3 is 15.0 Å². The van der Waals surface area contributed by atoms with E-state index >= 15 is 0 Å². The number of nitrogens with zero attached hydrogens (tertiary/aromatic N) is 2. The Labute approximate surface area is 193 Å². The van der Waals surface area contributed by atoms with E-state index in [9.17, 15) is 14.0 Å². The number of hydrogen-bond acceptors (Lipinski definition) is 5. The van der Waals surface area contributed by atoms with Crippen molar-refractivity contribution in [2.45, 2.75) is 46.3 Å². The Morgan fingerprint density at radius 1 is 1.09 bits per heavy atom. The van der Waals surface area contributed by atoms with Crippen molar-refractivity contribution < 1.29 is 18.7 Å². The van der Waals surface area contributed by atoms with Crippen LogP contribution in [-0.2, 0) is 4.74 Å². The number of ketones is 1. The van der Waals surface area contributed by atoms with Crippen molar-refractivity contribution in [2.75, 3.05) is 19.0 Å². The minimum atomic E-state index is -0.730. The molecule has 174 valence electrons. The molecule has 0 fully saturated rings. The molecule has 6 nitrogen and oxygen atoms in total. The number of hydrogen-bond donors (Lipinski definition) is 1. The number of aromatic nitrogens is 1. The first-order chi connectivity index (χ1) is 15.4. The Morgan fingerprint density at radius 2 is 1.73 bits per heavy atom. The zero-order chi connectivity index (χ0) is 24.5. The molecule has 2 aromatic carbocycles. The van der Waals surface area contributed by atoms with Gasteiger partial charge in [-0.1, -0.05) is 24.3 Å². The van der Waals surface area contributed by atoms with Crippen molar-refractivity contribution in [1.29, 1.82) is 0 Å². The van der Waals surface area contributed by atoms with Crippen molar-refractivity contribution in [1.82, 2.24) is 10.3 Å². The molecule has 33 heavy (non-hydrogen) atoms. The van der Waals surface area contributed by atoms with E-state index in [4.69, 9.17) is 9.72 Å². The molecule has 0 saturated heterocycles. The number of Topliss-reactive ketones (excluding diaryl/α,β-unsaturated/α-hetero) is 1. The van der Waals surface area contributed by atoms with Gasteiger partial charge in [-0.15, -0.1) is 0 Å². The molecule has 1 aromatic heterocycles. The summed E-state index contributed by atoms with van der Waals surface area (Å²) in [7, 11) is 3.57. The Hall–Kier alpha value is -3.48. The maximum Gasteiger partial charge on any atom is 0.408 e. The van der Waals surface area contributed by atoms with Crippen LogP contribution in [0.25, 0.3) is 22.2 Å². The van der Waals surface area contributed by atoms with Crippen LogP contribution in [-0.4, -0.2) is 42.6 Å². The molecule has 1 unspecified atom stereocenters. The topological polar surface area (TPSA) is 71.5 Å². The SMILES string of the molecule is Cc1cc(-c2ccc(C(=O)C(C)NC(=O)OC(C)(C)C)cc2)nc2cc(N(C)C)c(F)cc12. The number of benzene rings is 2. The molecule has 0 aliphatic carbocycles. The molecule has 0 radical (unpaired) electrons. The molecule has 0 saturated carbocycles. The molecule has 0 aliphatic rings. The fourth-order valence-corrected chi connectivity index (χ4v) is 3.50. The van der Waals surface area contributed by atoms with E-state index in [-0.39, 0.29) is 11.6 Å². The van der Waals surface area contributed by atoms with Gasteiger partial charge in [-0.05, 0) is 58.4 Å². The first-order valence-electron chi connectivity index (χ1n) is 10.8. The fourth-order valence-electron chi connectivity index (χ4n) is 3.50. The number of ether oxygens (including phenoxy) is 1. The van der Waals surface area contributed by atoms with Crippen molar-refractivity contribution in [3.8, 4) is 11.3 Å². The lowest BCUT2D eigenvalue weighted by atomic mass is 10.0. The van der Waals surface area contributed by atoms with Crippen LogP contribution in [0.5, 0.6) is 0 Å². The highest BCUT2D eigenvalue weighted by atomic mass is 19.1. The van der Waals surface area contributed by atoms with E-state index in [1.807, 2.05) is 25.1 Å². The molecule has 3 rings (SSSR count).